The SMILES string of the molecule is C=C(N[C@H](C(=O)N1CC2[C@@H]([C@H]1C(=O)NC(CC1CCC1)C(=O)C(N)=O)C2(C)C)C(C)(C)C)NC1(C(=O)O)CCCCC1. The van der Waals surface area contributed by atoms with Crippen LogP contribution < -0.4 is 21.7 Å². The van der Waals surface area contributed by atoms with Crippen LogP contribution in [0.15, 0.2) is 12.4 Å². The Morgan fingerprint density at radius 1 is 1.02 bits per heavy atom. The molecule has 1 aliphatic heterocycles. The standard InChI is InChI=1S/C31H49N5O6/c1-17(35-31(28(41)42)13-8-7-9-14-31)33-24(29(2,3)4)27(40)36-16-19-21(30(19,5)6)22(36)26(39)34-20(23(37)25(32)38)15-18-11-10-12-18/h18-22,24,33,35H,1,7-16H2,2-6H3,(H2,32,38)(H,34,39)(H,41,42)/t19?,20?,21-,22-,24+/m0/s1. The predicted molar refractivity (Wildman–Crippen MR) is 156 cm³/mol. The molecule has 0 spiro atoms. The zero-order valence-corrected chi connectivity index (χ0v) is 25.8. The van der Waals surface area contributed by atoms with Crippen LogP contribution in [-0.4, -0.2) is 69.7 Å². The summed E-state index contributed by atoms with van der Waals surface area (Å²) in [6.45, 7) is 14.3. The first kappa shape index (κ1) is 31.8. The van der Waals surface area contributed by atoms with E-state index < -0.39 is 52.6 Å². The Kier molecular flexibility index (Phi) is 8.73. The molecule has 4 rings (SSSR count). The van der Waals surface area contributed by atoms with Gasteiger partial charge in [-0.3, -0.25) is 19.2 Å². The fraction of sp³-hybridized carbons (Fsp3) is 0.774. The van der Waals surface area contributed by atoms with Gasteiger partial charge in [-0.15, -0.1) is 0 Å². The van der Waals surface area contributed by atoms with Gasteiger partial charge in [0.15, 0.2) is 0 Å². The fourth-order valence-electron chi connectivity index (χ4n) is 7.40. The van der Waals surface area contributed by atoms with Gasteiger partial charge in [0.05, 0.1) is 11.9 Å². The second kappa shape index (κ2) is 11.5. The monoisotopic (exact) mass is 587 g/mol. The average molecular weight is 588 g/mol. The van der Waals surface area contributed by atoms with Gasteiger partial charge in [-0.2, -0.15) is 0 Å². The molecule has 0 aromatic rings. The molecule has 4 aliphatic rings. The minimum atomic E-state index is -1.14. The second-order valence-electron chi connectivity index (χ2n) is 14.7. The van der Waals surface area contributed by atoms with Crippen LogP contribution in [0, 0.1) is 28.6 Å². The normalized spacial score (nSPS) is 27.5. The van der Waals surface area contributed by atoms with Gasteiger partial charge in [-0.05, 0) is 47.8 Å². The Bertz CT molecular complexity index is 1130. The molecule has 0 bridgehead atoms. The summed E-state index contributed by atoms with van der Waals surface area (Å²) in [6, 6.07) is -2.62. The highest BCUT2D eigenvalue weighted by Gasteiger charge is 2.70. The number of hydrogen-bond acceptors (Lipinski definition) is 7. The van der Waals surface area contributed by atoms with Crippen LogP contribution in [0.4, 0.5) is 0 Å². The van der Waals surface area contributed by atoms with Gasteiger partial charge in [0.2, 0.25) is 17.6 Å². The maximum absolute atomic E-state index is 14.2. The number of nitrogens with zero attached hydrogens (tertiary/aromatic N) is 1. The van der Waals surface area contributed by atoms with Crippen molar-refractivity contribution >= 4 is 29.5 Å². The molecule has 0 aromatic carbocycles. The van der Waals surface area contributed by atoms with E-state index >= 15 is 0 Å². The number of piperidine rings is 1. The van der Waals surface area contributed by atoms with E-state index in [0.717, 1.165) is 38.5 Å². The van der Waals surface area contributed by atoms with Gasteiger partial charge < -0.3 is 31.7 Å². The minimum Gasteiger partial charge on any atom is -0.480 e. The van der Waals surface area contributed by atoms with E-state index in [0.29, 0.717) is 25.8 Å². The maximum Gasteiger partial charge on any atom is 0.329 e. The molecule has 5 atom stereocenters. The second-order valence-corrected chi connectivity index (χ2v) is 14.7. The molecule has 1 heterocycles. The van der Waals surface area contributed by atoms with E-state index in [1.807, 2.05) is 20.8 Å². The summed E-state index contributed by atoms with van der Waals surface area (Å²) in [6.07, 6.45) is 6.76. The topological polar surface area (TPSA) is 171 Å². The van der Waals surface area contributed by atoms with Gasteiger partial charge in [-0.1, -0.05) is 79.7 Å². The Hall–Kier alpha value is -3.11. The third-order valence-corrected chi connectivity index (χ3v) is 10.4. The molecule has 0 aromatic heterocycles. The molecule has 11 nitrogen and oxygen atoms in total. The lowest BCUT2D eigenvalue weighted by Gasteiger charge is -2.40. The number of primary amides is 1. The Labute approximate surface area is 248 Å². The number of carboxylic acid groups (broad SMARTS) is 1. The van der Waals surface area contributed by atoms with Crippen molar-refractivity contribution in [2.45, 2.75) is 116 Å². The van der Waals surface area contributed by atoms with Crippen molar-refractivity contribution in [3.63, 3.8) is 0 Å². The van der Waals surface area contributed by atoms with E-state index in [9.17, 15) is 29.1 Å². The van der Waals surface area contributed by atoms with Crippen LogP contribution in [0.2, 0.25) is 0 Å². The number of fused-ring (bicyclic) bond motifs is 1. The van der Waals surface area contributed by atoms with Crippen LogP contribution in [0.1, 0.15) is 92.4 Å². The molecule has 42 heavy (non-hydrogen) atoms. The fourth-order valence-corrected chi connectivity index (χ4v) is 7.40. The van der Waals surface area contributed by atoms with Crippen LogP contribution in [-0.2, 0) is 24.0 Å². The highest BCUT2D eigenvalue weighted by atomic mass is 16.4. The molecule has 11 heteroatoms. The van der Waals surface area contributed by atoms with E-state index in [-0.39, 0.29) is 34.9 Å². The predicted octanol–water partition coefficient (Wildman–Crippen LogP) is 2.05. The van der Waals surface area contributed by atoms with E-state index in [4.69, 9.17) is 5.73 Å². The first-order valence-corrected chi connectivity index (χ1v) is 15.4. The number of hydrogen-bond donors (Lipinski definition) is 5. The first-order chi connectivity index (χ1) is 19.5. The van der Waals surface area contributed by atoms with Crippen LogP contribution in [0.25, 0.3) is 0 Å². The zero-order valence-electron chi connectivity index (χ0n) is 25.8. The summed E-state index contributed by atoms with van der Waals surface area (Å²) in [7, 11) is 0. The third kappa shape index (κ3) is 6.15. The highest BCUT2D eigenvalue weighted by molar-refractivity contribution is 6.37. The summed E-state index contributed by atoms with van der Waals surface area (Å²) < 4.78 is 0. The van der Waals surface area contributed by atoms with Crippen molar-refractivity contribution in [2.75, 3.05) is 6.54 Å². The van der Waals surface area contributed by atoms with E-state index in [2.05, 4.69) is 36.4 Å². The number of carbonyl (C=O) groups excluding carboxylic acids is 4. The number of carbonyl (C=O) groups is 5. The van der Waals surface area contributed by atoms with Gasteiger partial charge >= 0.3 is 5.97 Å². The van der Waals surface area contributed by atoms with E-state index in [1.54, 1.807) is 4.90 Å². The number of amides is 3. The molecule has 0 radical (unpaired) electrons. The molecule has 234 valence electrons. The molecule has 6 N–H and O–H groups in total. The molecule has 3 saturated carbocycles. The number of ketones is 1. The summed E-state index contributed by atoms with van der Waals surface area (Å²) in [5, 5.41) is 19.1. The maximum atomic E-state index is 14.2. The summed E-state index contributed by atoms with van der Waals surface area (Å²) >= 11 is 0. The first-order valence-electron chi connectivity index (χ1n) is 15.4. The van der Waals surface area contributed by atoms with Crippen molar-refractivity contribution in [3.8, 4) is 0 Å². The number of nitrogens with one attached hydrogen (secondary N) is 3. The molecule has 1 saturated heterocycles. The molecular formula is C31H49N5O6. The number of rotatable bonds is 12. The van der Waals surface area contributed by atoms with Crippen molar-refractivity contribution < 1.29 is 29.1 Å². The Balaban J connectivity index is 1.54. The lowest BCUT2D eigenvalue weighted by atomic mass is 9.80. The smallest absolute Gasteiger partial charge is 0.329 e. The number of Topliss-reactive ketones (excluding diaryl/α,β-unsaturated/α-hetero) is 1. The molecule has 3 aliphatic carbocycles. The minimum absolute atomic E-state index is 0.0889. The number of aliphatic carboxylic acids is 1. The lowest BCUT2D eigenvalue weighted by molar-refractivity contribution is -0.146. The molecule has 4 fully saturated rings. The molecule has 3 amide bonds. The third-order valence-electron chi connectivity index (χ3n) is 10.4. The Morgan fingerprint density at radius 2 is 1.64 bits per heavy atom. The lowest BCUT2D eigenvalue weighted by Crippen LogP contribution is -2.61. The number of likely N-dealkylation sites (tertiary alicyclic amines) is 1. The highest BCUT2D eigenvalue weighted by Crippen LogP contribution is 2.65. The van der Waals surface area contributed by atoms with E-state index in [1.165, 1.54) is 0 Å². The van der Waals surface area contributed by atoms with Gasteiger partial charge in [0.25, 0.3) is 5.91 Å². The summed E-state index contributed by atoms with van der Waals surface area (Å²) in [5.74, 6) is -3.04. The molecular weight excluding hydrogens is 538 g/mol. The number of carboxylic acids is 1. The Morgan fingerprint density at radius 3 is 2.14 bits per heavy atom. The van der Waals surface area contributed by atoms with Crippen molar-refractivity contribution in [1.29, 1.82) is 0 Å². The number of nitrogens with two attached hydrogens (primary N) is 1. The average Bonchev–Trinajstić information content (AvgIpc) is 3.20. The zero-order chi connectivity index (χ0) is 31.2. The van der Waals surface area contributed by atoms with Crippen molar-refractivity contribution in [1.82, 2.24) is 20.9 Å². The molecule has 2 unspecified atom stereocenters. The largest absolute Gasteiger partial charge is 0.480 e. The van der Waals surface area contributed by atoms with Gasteiger partial charge in [0.1, 0.15) is 17.6 Å². The van der Waals surface area contributed by atoms with Crippen molar-refractivity contribution in [2.24, 2.45) is 34.3 Å². The summed E-state index contributed by atoms with van der Waals surface area (Å²) in [5.41, 5.74) is 3.42. The van der Waals surface area contributed by atoms with Gasteiger partial charge in [-0.25, -0.2) is 4.79 Å². The van der Waals surface area contributed by atoms with Crippen LogP contribution in [0.5, 0.6) is 0 Å². The van der Waals surface area contributed by atoms with Gasteiger partial charge in [0, 0.05) is 6.54 Å². The van der Waals surface area contributed by atoms with Crippen LogP contribution in [0.3, 0.4) is 0 Å². The summed E-state index contributed by atoms with van der Waals surface area (Å²) in [4.78, 5) is 66.4. The van der Waals surface area contributed by atoms with Crippen molar-refractivity contribution in [3.05, 3.63) is 12.4 Å². The quantitative estimate of drug-likeness (QED) is 0.216. The van der Waals surface area contributed by atoms with Crippen LogP contribution >= 0.6 is 0 Å².